The number of carboxylic acids is 1. The summed E-state index contributed by atoms with van der Waals surface area (Å²) in [6, 6.07) is 3.57. The van der Waals surface area contributed by atoms with E-state index in [4.69, 9.17) is 5.11 Å². The summed E-state index contributed by atoms with van der Waals surface area (Å²) in [5.41, 5.74) is 0. The van der Waals surface area contributed by atoms with Crippen LogP contribution < -0.4 is 0 Å². The summed E-state index contributed by atoms with van der Waals surface area (Å²) >= 11 is 1.74. The van der Waals surface area contributed by atoms with Crippen LogP contribution in [0.4, 0.5) is 0 Å². The molecule has 2 heterocycles. The number of nitrogens with zero attached hydrogens (tertiary/aromatic N) is 1. The third-order valence-electron chi connectivity index (χ3n) is 4.06. The average Bonchev–Trinajstić information content (AvgIpc) is 2.82. The lowest BCUT2D eigenvalue weighted by atomic mass is 10.2. The number of carbonyl (C=O) groups excluding carboxylic acids is 1. The Morgan fingerprint density at radius 2 is 2.21 bits per heavy atom. The molecule has 1 saturated carbocycles. The zero-order valence-electron chi connectivity index (χ0n) is 10.8. The van der Waals surface area contributed by atoms with Gasteiger partial charge in [-0.25, -0.2) is 4.79 Å². The van der Waals surface area contributed by atoms with Crippen LogP contribution in [0.5, 0.6) is 0 Å². The monoisotopic (exact) mass is 279 g/mol. The summed E-state index contributed by atoms with van der Waals surface area (Å²) in [5, 5.41) is 9.13. The topological polar surface area (TPSA) is 57.6 Å². The number of thiophene rings is 1. The third-order valence-corrected chi connectivity index (χ3v) is 5.19. The largest absolute Gasteiger partial charge is 0.480 e. The van der Waals surface area contributed by atoms with Gasteiger partial charge < -0.3 is 10.0 Å². The van der Waals surface area contributed by atoms with Crippen LogP contribution in [0.3, 0.4) is 0 Å². The predicted octanol–water partition coefficient (Wildman–Crippen LogP) is 2.24. The first-order valence-electron chi connectivity index (χ1n) is 6.67. The molecule has 0 radical (unpaired) electrons. The molecule has 1 N–H and O–H groups in total. The summed E-state index contributed by atoms with van der Waals surface area (Å²) < 4.78 is 0. The molecule has 3 atom stereocenters. The Labute approximate surface area is 116 Å². The lowest BCUT2D eigenvalue weighted by molar-refractivity contribution is -0.148. The van der Waals surface area contributed by atoms with E-state index >= 15 is 0 Å². The zero-order valence-corrected chi connectivity index (χ0v) is 11.7. The van der Waals surface area contributed by atoms with Crippen LogP contribution in [0.2, 0.25) is 0 Å². The molecule has 19 heavy (non-hydrogen) atoms. The highest BCUT2D eigenvalue weighted by Crippen LogP contribution is 2.51. The second-order valence-corrected chi connectivity index (χ2v) is 6.74. The number of aryl methyl sites for hydroxylation is 1. The Hall–Kier alpha value is -1.36. The number of rotatable bonds is 3. The number of carboxylic acid groups (broad SMARTS) is 1. The van der Waals surface area contributed by atoms with E-state index in [1.165, 1.54) is 9.75 Å². The van der Waals surface area contributed by atoms with Gasteiger partial charge in [0.2, 0.25) is 5.91 Å². The van der Waals surface area contributed by atoms with Crippen LogP contribution in [0, 0.1) is 12.8 Å². The highest BCUT2D eigenvalue weighted by Gasteiger charge is 2.49. The van der Waals surface area contributed by atoms with E-state index in [1.54, 1.807) is 16.2 Å². The zero-order chi connectivity index (χ0) is 13.6. The third kappa shape index (κ3) is 2.27. The number of carbonyl (C=O) groups is 2. The molecular formula is C14H17NO3S. The summed E-state index contributed by atoms with van der Waals surface area (Å²) in [7, 11) is 0. The quantitative estimate of drug-likeness (QED) is 0.923. The minimum atomic E-state index is -0.866. The second-order valence-electron chi connectivity index (χ2n) is 5.42. The number of hydrogen-bond acceptors (Lipinski definition) is 3. The fraction of sp³-hybridized carbons (Fsp3) is 0.571. The van der Waals surface area contributed by atoms with E-state index in [1.807, 2.05) is 0 Å². The smallest absolute Gasteiger partial charge is 0.326 e. The van der Waals surface area contributed by atoms with Gasteiger partial charge in [-0.3, -0.25) is 4.79 Å². The van der Waals surface area contributed by atoms with E-state index in [-0.39, 0.29) is 11.8 Å². The second kappa shape index (κ2) is 4.63. The molecule has 102 valence electrons. The highest BCUT2D eigenvalue weighted by atomic mass is 32.1. The number of aliphatic carboxylic acids is 1. The summed E-state index contributed by atoms with van der Waals surface area (Å²) in [6.07, 6.45) is 2.27. The van der Waals surface area contributed by atoms with Gasteiger partial charge in [0.15, 0.2) is 0 Å². The van der Waals surface area contributed by atoms with Gasteiger partial charge in [0.25, 0.3) is 0 Å². The molecule has 1 saturated heterocycles. The van der Waals surface area contributed by atoms with Crippen molar-refractivity contribution in [2.24, 2.45) is 5.92 Å². The van der Waals surface area contributed by atoms with Crippen molar-refractivity contribution < 1.29 is 14.7 Å². The molecule has 0 unspecified atom stereocenters. The summed E-state index contributed by atoms with van der Waals surface area (Å²) in [5.74, 6) is -0.491. The van der Waals surface area contributed by atoms with Crippen LogP contribution in [0.25, 0.3) is 0 Å². The van der Waals surface area contributed by atoms with Crippen LogP contribution >= 0.6 is 11.3 Å². The molecule has 0 aromatic carbocycles. The van der Waals surface area contributed by atoms with Crippen LogP contribution in [-0.4, -0.2) is 34.5 Å². The Kier molecular flexibility index (Phi) is 3.09. The fourth-order valence-corrected chi connectivity index (χ4v) is 3.99. The number of likely N-dealkylation sites (tertiary alicyclic amines) is 1. The molecule has 0 bridgehead atoms. The standard InChI is InChI=1S/C14H17NO3S/c1-8-4-5-12(19-8)9-7-10(9)13(16)15-6-2-3-11(15)14(17)18/h4-5,9-11H,2-3,6-7H2,1H3,(H,17,18)/t9-,10+,11+/m0/s1. The van der Waals surface area contributed by atoms with Crippen LogP contribution in [0.1, 0.15) is 34.9 Å². The number of hydrogen-bond donors (Lipinski definition) is 1. The molecule has 2 fully saturated rings. The van der Waals surface area contributed by atoms with Gasteiger partial charge in [-0.2, -0.15) is 0 Å². The summed E-state index contributed by atoms with van der Waals surface area (Å²) in [4.78, 5) is 27.6. The molecule has 4 nitrogen and oxygen atoms in total. The Bertz CT molecular complexity index is 525. The van der Waals surface area contributed by atoms with E-state index < -0.39 is 12.0 Å². The van der Waals surface area contributed by atoms with E-state index in [2.05, 4.69) is 19.1 Å². The number of amides is 1. The maximum absolute atomic E-state index is 12.4. The lowest BCUT2D eigenvalue weighted by Crippen LogP contribution is -2.41. The highest BCUT2D eigenvalue weighted by molar-refractivity contribution is 7.12. The molecule has 1 aromatic rings. The first kappa shape index (κ1) is 12.7. The predicted molar refractivity (Wildman–Crippen MR) is 72.3 cm³/mol. The van der Waals surface area contributed by atoms with Crippen molar-refractivity contribution in [1.29, 1.82) is 0 Å². The average molecular weight is 279 g/mol. The van der Waals surface area contributed by atoms with Crippen molar-refractivity contribution in [2.75, 3.05) is 6.54 Å². The van der Waals surface area contributed by atoms with Crippen molar-refractivity contribution in [3.63, 3.8) is 0 Å². The molecule has 1 amide bonds. The Morgan fingerprint density at radius 1 is 1.42 bits per heavy atom. The molecule has 1 aliphatic carbocycles. The van der Waals surface area contributed by atoms with Crippen molar-refractivity contribution >= 4 is 23.2 Å². The van der Waals surface area contributed by atoms with Crippen LogP contribution in [0.15, 0.2) is 12.1 Å². The lowest BCUT2D eigenvalue weighted by Gasteiger charge is -2.21. The molecule has 2 aliphatic rings. The van der Waals surface area contributed by atoms with Gasteiger partial charge in [-0.15, -0.1) is 11.3 Å². The molecule has 5 heteroatoms. The normalized spacial score (nSPS) is 29.5. The molecule has 3 rings (SSSR count). The SMILES string of the molecule is Cc1ccc([C@H]2C[C@H]2C(=O)N2CCC[C@@H]2C(=O)O)s1. The summed E-state index contributed by atoms with van der Waals surface area (Å²) in [6.45, 7) is 2.66. The van der Waals surface area contributed by atoms with Gasteiger partial charge in [-0.1, -0.05) is 0 Å². The van der Waals surface area contributed by atoms with Crippen LogP contribution in [-0.2, 0) is 9.59 Å². The Balaban J connectivity index is 1.68. The molecule has 1 aromatic heterocycles. The first-order valence-corrected chi connectivity index (χ1v) is 7.49. The molecule has 0 spiro atoms. The van der Waals surface area contributed by atoms with E-state index in [0.717, 1.165) is 12.8 Å². The molecule has 1 aliphatic heterocycles. The van der Waals surface area contributed by atoms with Gasteiger partial charge >= 0.3 is 5.97 Å². The minimum Gasteiger partial charge on any atom is -0.480 e. The fourth-order valence-electron chi connectivity index (χ4n) is 2.94. The van der Waals surface area contributed by atoms with Gasteiger partial charge in [0.05, 0.1) is 0 Å². The maximum atomic E-state index is 12.4. The maximum Gasteiger partial charge on any atom is 0.326 e. The molecular weight excluding hydrogens is 262 g/mol. The Morgan fingerprint density at radius 3 is 2.84 bits per heavy atom. The van der Waals surface area contributed by atoms with Crippen molar-refractivity contribution in [2.45, 2.75) is 38.1 Å². The van der Waals surface area contributed by atoms with Crippen molar-refractivity contribution in [3.05, 3.63) is 21.9 Å². The van der Waals surface area contributed by atoms with Crippen molar-refractivity contribution in [3.8, 4) is 0 Å². The van der Waals surface area contributed by atoms with Crippen molar-refractivity contribution in [1.82, 2.24) is 4.90 Å². The van der Waals surface area contributed by atoms with Gasteiger partial charge in [0.1, 0.15) is 6.04 Å². The van der Waals surface area contributed by atoms with Gasteiger partial charge in [0, 0.05) is 28.1 Å². The van der Waals surface area contributed by atoms with Gasteiger partial charge in [-0.05, 0) is 38.3 Å². The first-order chi connectivity index (χ1) is 9.08. The van der Waals surface area contributed by atoms with E-state index in [0.29, 0.717) is 18.9 Å². The van der Waals surface area contributed by atoms with E-state index in [9.17, 15) is 9.59 Å². The minimum absolute atomic E-state index is 0.0120.